The van der Waals surface area contributed by atoms with Crippen LogP contribution < -0.4 is 15.4 Å². The van der Waals surface area contributed by atoms with Gasteiger partial charge in [0.2, 0.25) is 5.91 Å². The van der Waals surface area contributed by atoms with E-state index in [1.807, 2.05) is 4.90 Å². The van der Waals surface area contributed by atoms with Crippen LogP contribution in [0.1, 0.15) is 13.3 Å². The molecule has 160 valence electrons. The lowest BCUT2D eigenvalue weighted by molar-refractivity contribution is -0.128. The Labute approximate surface area is 170 Å². The van der Waals surface area contributed by atoms with Crippen molar-refractivity contribution in [1.82, 2.24) is 15.1 Å². The van der Waals surface area contributed by atoms with Crippen LogP contribution in [0.4, 0.5) is 10.5 Å². The Morgan fingerprint density at radius 1 is 1.28 bits per heavy atom. The van der Waals surface area contributed by atoms with Gasteiger partial charge in [0.05, 0.1) is 25.9 Å². The number of benzene rings is 1. The molecular weight excluding hydrogens is 376 g/mol. The maximum atomic E-state index is 12.3. The molecule has 9 heteroatoms. The molecule has 9 nitrogen and oxygen atoms in total. The summed E-state index contributed by atoms with van der Waals surface area (Å²) in [6, 6.07) is 6.17. The molecule has 3 atom stereocenters. The van der Waals surface area contributed by atoms with E-state index in [0.717, 1.165) is 26.1 Å². The summed E-state index contributed by atoms with van der Waals surface area (Å²) in [6.07, 6.45) is -0.272. The molecule has 29 heavy (non-hydrogen) atoms. The lowest BCUT2D eigenvalue weighted by Gasteiger charge is -2.26. The number of anilines is 1. The number of aliphatic hydroxyl groups excluding tert-OH is 1. The first-order valence-corrected chi connectivity index (χ1v) is 9.95. The summed E-state index contributed by atoms with van der Waals surface area (Å²) in [5, 5.41) is 16.1. The third kappa shape index (κ3) is 5.81. The van der Waals surface area contributed by atoms with Crippen molar-refractivity contribution in [3.8, 4) is 5.75 Å². The van der Waals surface area contributed by atoms with Crippen molar-refractivity contribution in [3.05, 3.63) is 24.3 Å². The molecule has 0 aromatic heterocycles. The van der Waals surface area contributed by atoms with Gasteiger partial charge in [-0.1, -0.05) is 6.07 Å². The summed E-state index contributed by atoms with van der Waals surface area (Å²) < 4.78 is 10.9. The second-order valence-corrected chi connectivity index (χ2v) is 7.46. The van der Waals surface area contributed by atoms with Crippen molar-refractivity contribution in [3.63, 3.8) is 0 Å². The lowest BCUT2D eigenvalue weighted by Crippen LogP contribution is -2.48. The maximum absolute atomic E-state index is 12.3. The molecule has 0 bridgehead atoms. The highest BCUT2D eigenvalue weighted by atomic mass is 16.5. The minimum Gasteiger partial charge on any atom is -0.497 e. The van der Waals surface area contributed by atoms with Crippen LogP contribution in [0.2, 0.25) is 0 Å². The highest BCUT2D eigenvalue weighted by molar-refractivity contribution is 5.89. The molecule has 3 rings (SSSR count). The first-order valence-electron chi connectivity index (χ1n) is 9.95. The van der Waals surface area contributed by atoms with Gasteiger partial charge in [0.25, 0.3) is 0 Å². The van der Waals surface area contributed by atoms with Gasteiger partial charge < -0.3 is 30.1 Å². The molecule has 1 aromatic rings. The molecule has 1 aromatic carbocycles. The van der Waals surface area contributed by atoms with Crippen LogP contribution >= 0.6 is 0 Å². The molecule has 2 saturated heterocycles. The molecule has 0 aliphatic carbocycles. The van der Waals surface area contributed by atoms with Crippen LogP contribution in [0, 0.1) is 0 Å². The second kappa shape index (κ2) is 9.91. The summed E-state index contributed by atoms with van der Waals surface area (Å²) in [7, 11) is 1.56. The number of aliphatic hydroxyl groups is 1. The van der Waals surface area contributed by atoms with E-state index in [1.165, 1.54) is 0 Å². The smallest absolute Gasteiger partial charge is 0.319 e. The topological polar surface area (TPSA) is 103 Å². The van der Waals surface area contributed by atoms with Gasteiger partial charge in [-0.15, -0.1) is 0 Å². The Balaban J connectivity index is 1.47. The fourth-order valence-electron chi connectivity index (χ4n) is 3.73. The van der Waals surface area contributed by atoms with E-state index in [-0.39, 0.29) is 18.6 Å². The molecule has 0 spiro atoms. The molecule has 3 unspecified atom stereocenters. The highest BCUT2D eigenvalue weighted by Crippen LogP contribution is 2.19. The minimum absolute atomic E-state index is 0.0929. The SMILES string of the molecule is COc1cccc(NC(=O)NC2COC(CN3CCCN(C(C)=O)CC3)C2O)c1. The maximum Gasteiger partial charge on any atom is 0.319 e. The largest absolute Gasteiger partial charge is 0.497 e. The quantitative estimate of drug-likeness (QED) is 0.658. The van der Waals surface area contributed by atoms with Gasteiger partial charge in [-0.05, 0) is 25.1 Å². The van der Waals surface area contributed by atoms with Crippen molar-refractivity contribution in [2.75, 3.05) is 51.8 Å². The number of amides is 3. The molecule has 0 saturated carbocycles. The predicted octanol–water partition coefficient (Wildman–Crippen LogP) is 0.499. The number of nitrogens with zero attached hydrogens (tertiary/aromatic N) is 2. The van der Waals surface area contributed by atoms with Crippen molar-refractivity contribution in [2.45, 2.75) is 31.6 Å². The highest BCUT2D eigenvalue weighted by Gasteiger charge is 2.38. The Hall–Kier alpha value is -2.36. The van der Waals surface area contributed by atoms with E-state index in [4.69, 9.17) is 9.47 Å². The molecular formula is C20H30N4O5. The molecule has 0 radical (unpaired) electrons. The number of nitrogens with one attached hydrogen (secondary N) is 2. The van der Waals surface area contributed by atoms with E-state index < -0.39 is 18.2 Å². The van der Waals surface area contributed by atoms with Crippen LogP contribution in [-0.4, -0.2) is 91.5 Å². The zero-order valence-corrected chi connectivity index (χ0v) is 17.0. The van der Waals surface area contributed by atoms with Gasteiger partial charge in [-0.2, -0.15) is 0 Å². The lowest BCUT2D eigenvalue weighted by atomic mass is 10.1. The number of hydrogen-bond donors (Lipinski definition) is 3. The first kappa shape index (κ1) is 21.4. The summed E-state index contributed by atoms with van der Waals surface area (Å²) in [4.78, 5) is 27.9. The van der Waals surface area contributed by atoms with Crippen LogP contribution in [0.25, 0.3) is 0 Å². The first-order chi connectivity index (χ1) is 14.0. The molecule has 2 fully saturated rings. The number of hydrogen-bond acceptors (Lipinski definition) is 6. The van der Waals surface area contributed by atoms with E-state index in [9.17, 15) is 14.7 Å². The van der Waals surface area contributed by atoms with Gasteiger partial charge in [-0.25, -0.2) is 4.79 Å². The molecule has 3 amide bonds. The average Bonchev–Trinajstić information content (AvgIpc) is 2.90. The molecule has 2 heterocycles. The second-order valence-electron chi connectivity index (χ2n) is 7.46. The number of carbonyl (C=O) groups excluding carboxylic acids is 2. The molecule has 2 aliphatic heterocycles. The van der Waals surface area contributed by atoms with Crippen molar-refractivity contribution in [1.29, 1.82) is 0 Å². The van der Waals surface area contributed by atoms with Crippen LogP contribution in [0.15, 0.2) is 24.3 Å². The Morgan fingerprint density at radius 3 is 2.86 bits per heavy atom. The van der Waals surface area contributed by atoms with E-state index in [2.05, 4.69) is 15.5 Å². The normalized spacial score (nSPS) is 25.3. The van der Waals surface area contributed by atoms with Gasteiger partial charge in [0.15, 0.2) is 0 Å². The summed E-state index contributed by atoms with van der Waals surface area (Å²) in [6.45, 7) is 5.46. The third-order valence-corrected chi connectivity index (χ3v) is 5.40. The third-order valence-electron chi connectivity index (χ3n) is 5.40. The monoisotopic (exact) mass is 406 g/mol. The zero-order chi connectivity index (χ0) is 20.8. The zero-order valence-electron chi connectivity index (χ0n) is 17.0. The number of methoxy groups -OCH3 is 1. The van der Waals surface area contributed by atoms with Gasteiger partial charge >= 0.3 is 6.03 Å². The number of carbonyl (C=O) groups is 2. The number of rotatable bonds is 5. The van der Waals surface area contributed by atoms with Crippen molar-refractivity contribution >= 4 is 17.6 Å². The molecule has 2 aliphatic rings. The fourth-order valence-corrected chi connectivity index (χ4v) is 3.73. The van der Waals surface area contributed by atoms with Crippen molar-refractivity contribution in [2.24, 2.45) is 0 Å². The van der Waals surface area contributed by atoms with Crippen LogP contribution in [0.3, 0.4) is 0 Å². The predicted molar refractivity (Wildman–Crippen MR) is 108 cm³/mol. The Kier molecular flexibility index (Phi) is 7.29. The minimum atomic E-state index is -0.793. The summed E-state index contributed by atoms with van der Waals surface area (Å²) in [5.41, 5.74) is 0.603. The van der Waals surface area contributed by atoms with E-state index in [0.29, 0.717) is 24.5 Å². The molecule has 3 N–H and O–H groups in total. The van der Waals surface area contributed by atoms with E-state index >= 15 is 0 Å². The summed E-state index contributed by atoms with van der Waals surface area (Å²) in [5.74, 6) is 0.739. The average molecular weight is 406 g/mol. The van der Waals surface area contributed by atoms with Gasteiger partial charge in [0.1, 0.15) is 11.9 Å². The van der Waals surface area contributed by atoms with Gasteiger partial charge in [0, 0.05) is 44.9 Å². The van der Waals surface area contributed by atoms with Gasteiger partial charge in [-0.3, -0.25) is 9.69 Å². The number of urea groups is 1. The fraction of sp³-hybridized carbons (Fsp3) is 0.600. The van der Waals surface area contributed by atoms with Crippen LogP contribution in [0.5, 0.6) is 5.75 Å². The van der Waals surface area contributed by atoms with Crippen LogP contribution in [-0.2, 0) is 9.53 Å². The number of ether oxygens (including phenoxy) is 2. The Bertz CT molecular complexity index is 716. The van der Waals surface area contributed by atoms with Crippen molar-refractivity contribution < 1.29 is 24.2 Å². The summed E-state index contributed by atoms with van der Waals surface area (Å²) >= 11 is 0. The van der Waals surface area contributed by atoms with E-state index in [1.54, 1.807) is 38.3 Å². The standard InChI is InChI=1S/C20H30N4O5/c1-14(25)24-8-4-7-23(9-10-24)12-18-19(26)17(13-29-18)22-20(27)21-15-5-3-6-16(11-15)28-2/h3,5-6,11,17-19,26H,4,7-10,12-13H2,1-2H3,(H2,21,22,27). The Morgan fingerprint density at radius 2 is 2.10 bits per heavy atom.